The van der Waals surface area contributed by atoms with Crippen molar-refractivity contribution < 1.29 is 9.53 Å². The number of carbonyl (C=O) groups excluding carboxylic acids is 1. The van der Waals surface area contributed by atoms with Gasteiger partial charge in [-0.15, -0.1) is 11.3 Å². The standard InChI is InChI=1S/C18H18N4O3S/c1-9-3-4-11-13(7-9)26-17-14(11)16(23)21-15(22-17)10(2)25-18(24)12-8-19-5-6-20-12/h5-6,8-10H,3-4,7H2,1-2H3,(H,21,22,23)/t9-,10-/m1/s1. The molecule has 1 N–H and O–H groups in total. The number of fused-ring (bicyclic) bond motifs is 3. The van der Waals surface area contributed by atoms with Gasteiger partial charge in [-0.2, -0.15) is 0 Å². The van der Waals surface area contributed by atoms with E-state index in [2.05, 4.69) is 26.9 Å². The second kappa shape index (κ2) is 6.60. The number of aryl methyl sites for hydroxylation is 1. The third-order valence-corrected chi connectivity index (χ3v) is 5.77. The van der Waals surface area contributed by atoms with E-state index in [1.165, 1.54) is 23.5 Å². The van der Waals surface area contributed by atoms with Crippen molar-refractivity contribution in [3.05, 3.63) is 50.9 Å². The highest BCUT2D eigenvalue weighted by Crippen LogP contribution is 2.35. The Balaban J connectivity index is 1.65. The molecule has 0 aliphatic heterocycles. The Bertz CT molecular complexity index is 1030. The van der Waals surface area contributed by atoms with E-state index >= 15 is 0 Å². The summed E-state index contributed by atoms with van der Waals surface area (Å²) in [5, 5.41) is 0.688. The van der Waals surface area contributed by atoms with Crippen LogP contribution in [0.3, 0.4) is 0 Å². The maximum absolute atomic E-state index is 12.6. The minimum absolute atomic E-state index is 0.114. The van der Waals surface area contributed by atoms with Crippen LogP contribution in [0, 0.1) is 5.92 Å². The highest BCUT2D eigenvalue weighted by molar-refractivity contribution is 7.18. The quantitative estimate of drug-likeness (QED) is 0.712. The number of H-pyrrole nitrogens is 1. The van der Waals surface area contributed by atoms with Crippen LogP contribution in [-0.4, -0.2) is 25.9 Å². The van der Waals surface area contributed by atoms with Gasteiger partial charge < -0.3 is 9.72 Å². The lowest BCUT2D eigenvalue weighted by atomic mass is 9.89. The molecule has 4 rings (SSSR count). The normalized spacial score (nSPS) is 17.7. The number of carbonyl (C=O) groups is 1. The molecule has 0 radical (unpaired) electrons. The number of nitrogens with zero attached hydrogens (tertiary/aromatic N) is 3. The minimum Gasteiger partial charge on any atom is -0.450 e. The van der Waals surface area contributed by atoms with Gasteiger partial charge in [-0.05, 0) is 37.7 Å². The van der Waals surface area contributed by atoms with Crippen LogP contribution in [0.25, 0.3) is 10.2 Å². The monoisotopic (exact) mass is 370 g/mol. The second-order valence-electron chi connectivity index (χ2n) is 6.62. The number of ether oxygens (including phenoxy) is 1. The smallest absolute Gasteiger partial charge is 0.359 e. The number of hydrogen-bond acceptors (Lipinski definition) is 7. The topological polar surface area (TPSA) is 97.8 Å². The van der Waals surface area contributed by atoms with Crippen molar-refractivity contribution in [1.29, 1.82) is 0 Å². The first kappa shape index (κ1) is 16.8. The molecule has 26 heavy (non-hydrogen) atoms. The zero-order valence-corrected chi connectivity index (χ0v) is 15.3. The van der Waals surface area contributed by atoms with Crippen LogP contribution in [0.4, 0.5) is 0 Å². The van der Waals surface area contributed by atoms with Crippen molar-refractivity contribution in [3.8, 4) is 0 Å². The van der Waals surface area contributed by atoms with Crippen LogP contribution in [0.2, 0.25) is 0 Å². The fourth-order valence-electron chi connectivity index (χ4n) is 3.24. The average molecular weight is 370 g/mol. The molecule has 7 nitrogen and oxygen atoms in total. The number of aromatic amines is 1. The van der Waals surface area contributed by atoms with Crippen LogP contribution < -0.4 is 5.56 Å². The molecule has 0 saturated heterocycles. The summed E-state index contributed by atoms with van der Waals surface area (Å²) < 4.78 is 5.38. The number of esters is 1. The maximum Gasteiger partial charge on any atom is 0.359 e. The van der Waals surface area contributed by atoms with Crippen LogP contribution in [-0.2, 0) is 17.6 Å². The van der Waals surface area contributed by atoms with E-state index in [4.69, 9.17) is 4.74 Å². The van der Waals surface area contributed by atoms with Gasteiger partial charge in [0, 0.05) is 17.3 Å². The van der Waals surface area contributed by atoms with Crippen LogP contribution >= 0.6 is 11.3 Å². The van der Waals surface area contributed by atoms with Gasteiger partial charge in [0.25, 0.3) is 5.56 Å². The molecule has 0 unspecified atom stereocenters. The Morgan fingerprint density at radius 3 is 3.04 bits per heavy atom. The lowest BCUT2D eigenvalue weighted by molar-refractivity contribution is 0.0312. The average Bonchev–Trinajstić information content (AvgIpc) is 3.00. The molecule has 0 bridgehead atoms. The zero-order chi connectivity index (χ0) is 18.3. The molecule has 3 heterocycles. The van der Waals surface area contributed by atoms with Crippen molar-refractivity contribution in [1.82, 2.24) is 19.9 Å². The molecule has 1 aliphatic carbocycles. The molecular weight excluding hydrogens is 352 g/mol. The number of hydrogen-bond donors (Lipinski definition) is 1. The van der Waals surface area contributed by atoms with Gasteiger partial charge >= 0.3 is 5.97 Å². The van der Waals surface area contributed by atoms with Crippen molar-refractivity contribution >= 4 is 27.5 Å². The predicted octanol–water partition coefficient (Wildman–Crippen LogP) is 2.82. The highest BCUT2D eigenvalue weighted by atomic mass is 32.1. The molecule has 0 aromatic carbocycles. The summed E-state index contributed by atoms with van der Waals surface area (Å²) >= 11 is 1.57. The van der Waals surface area contributed by atoms with Crippen LogP contribution in [0.15, 0.2) is 23.4 Å². The molecule has 134 valence electrons. The van der Waals surface area contributed by atoms with Gasteiger partial charge in [-0.3, -0.25) is 9.78 Å². The van der Waals surface area contributed by atoms with E-state index in [1.54, 1.807) is 18.3 Å². The molecule has 0 spiro atoms. The summed E-state index contributed by atoms with van der Waals surface area (Å²) in [6.07, 6.45) is 6.53. The van der Waals surface area contributed by atoms with E-state index < -0.39 is 12.1 Å². The minimum atomic E-state index is -0.695. The van der Waals surface area contributed by atoms with Gasteiger partial charge in [0.05, 0.1) is 11.6 Å². The third-order valence-electron chi connectivity index (χ3n) is 4.62. The van der Waals surface area contributed by atoms with Gasteiger partial charge in [0.2, 0.25) is 0 Å². The molecule has 0 amide bonds. The Morgan fingerprint density at radius 2 is 2.27 bits per heavy atom. The Hall–Kier alpha value is -2.61. The molecule has 3 aromatic rings. The molecule has 1 aliphatic rings. The fourth-order valence-corrected chi connectivity index (χ4v) is 4.63. The summed E-state index contributed by atoms with van der Waals surface area (Å²) in [5.74, 6) is 0.361. The summed E-state index contributed by atoms with van der Waals surface area (Å²) in [6.45, 7) is 3.90. The number of rotatable bonds is 3. The van der Waals surface area contributed by atoms with Crippen molar-refractivity contribution in [3.63, 3.8) is 0 Å². The Labute approximate surface area is 153 Å². The van der Waals surface area contributed by atoms with Gasteiger partial charge in [0.1, 0.15) is 4.83 Å². The molecule has 0 fully saturated rings. The summed E-state index contributed by atoms with van der Waals surface area (Å²) in [4.78, 5) is 41.8. The maximum atomic E-state index is 12.6. The predicted molar refractivity (Wildman–Crippen MR) is 97.3 cm³/mol. The SMILES string of the molecule is C[C@@H]1CCc2c(sc3nc([C@@H](C)OC(=O)c4cnccn4)[nH]c(=O)c23)C1. The van der Waals surface area contributed by atoms with E-state index in [1.807, 2.05) is 0 Å². The van der Waals surface area contributed by atoms with Gasteiger partial charge in [0.15, 0.2) is 17.6 Å². The van der Waals surface area contributed by atoms with Crippen molar-refractivity contribution in [2.24, 2.45) is 5.92 Å². The van der Waals surface area contributed by atoms with E-state index in [0.717, 1.165) is 24.8 Å². The molecular formula is C18H18N4O3S. The second-order valence-corrected chi connectivity index (χ2v) is 7.70. The van der Waals surface area contributed by atoms with Crippen molar-refractivity contribution in [2.45, 2.75) is 39.2 Å². The molecule has 8 heteroatoms. The summed E-state index contributed by atoms with van der Waals surface area (Å²) in [7, 11) is 0. The van der Waals surface area contributed by atoms with Gasteiger partial charge in [-0.1, -0.05) is 6.92 Å². The largest absolute Gasteiger partial charge is 0.450 e. The van der Waals surface area contributed by atoms with E-state index in [0.29, 0.717) is 22.0 Å². The fraction of sp³-hybridized carbons (Fsp3) is 0.389. The van der Waals surface area contributed by atoms with E-state index in [9.17, 15) is 9.59 Å². The van der Waals surface area contributed by atoms with Crippen LogP contribution in [0.1, 0.15) is 53.1 Å². The summed E-state index contributed by atoms with van der Waals surface area (Å²) in [5.41, 5.74) is 1.08. The third kappa shape index (κ3) is 3.01. The Morgan fingerprint density at radius 1 is 1.42 bits per heavy atom. The van der Waals surface area contributed by atoms with Crippen LogP contribution in [0.5, 0.6) is 0 Å². The number of nitrogens with one attached hydrogen (secondary N) is 1. The molecule has 0 saturated carbocycles. The Kier molecular flexibility index (Phi) is 4.28. The zero-order valence-electron chi connectivity index (χ0n) is 14.5. The number of thiophene rings is 1. The highest BCUT2D eigenvalue weighted by Gasteiger charge is 2.24. The lowest BCUT2D eigenvalue weighted by Crippen LogP contribution is -2.18. The van der Waals surface area contributed by atoms with Gasteiger partial charge in [-0.25, -0.2) is 14.8 Å². The lowest BCUT2D eigenvalue weighted by Gasteiger charge is -2.17. The van der Waals surface area contributed by atoms with E-state index in [-0.39, 0.29) is 11.3 Å². The first-order chi connectivity index (χ1) is 12.5. The van der Waals surface area contributed by atoms with Crippen molar-refractivity contribution in [2.75, 3.05) is 0 Å². The first-order valence-corrected chi connectivity index (χ1v) is 9.36. The molecule has 3 aromatic heterocycles. The first-order valence-electron chi connectivity index (χ1n) is 8.54. The number of aromatic nitrogens is 4. The summed E-state index contributed by atoms with van der Waals surface area (Å²) in [6, 6.07) is 0. The molecule has 2 atom stereocenters.